The normalized spacial score (nSPS) is 12.4. The number of hydrogen-bond acceptors (Lipinski definition) is 5. The Kier molecular flexibility index (Phi) is 4.92. The lowest BCUT2D eigenvalue weighted by atomic mass is 10.1. The van der Waals surface area contributed by atoms with Gasteiger partial charge in [0.25, 0.3) is 5.56 Å². The first-order chi connectivity index (χ1) is 13.5. The van der Waals surface area contributed by atoms with Crippen molar-refractivity contribution in [3.63, 3.8) is 0 Å². The van der Waals surface area contributed by atoms with Crippen LogP contribution >= 0.6 is 11.8 Å². The molecule has 7 heteroatoms. The van der Waals surface area contributed by atoms with Gasteiger partial charge in [0, 0.05) is 7.05 Å². The smallest absolute Gasteiger partial charge is 0.261 e. The van der Waals surface area contributed by atoms with E-state index in [0.717, 1.165) is 10.8 Å². The number of nitrogens with one attached hydrogen (secondary N) is 1. The second kappa shape index (κ2) is 7.52. The van der Waals surface area contributed by atoms with Crippen molar-refractivity contribution in [2.45, 2.75) is 23.9 Å². The van der Waals surface area contributed by atoms with Crippen LogP contribution in [0.2, 0.25) is 0 Å². The summed E-state index contributed by atoms with van der Waals surface area (Å²) in [7, 11) is 1.68. The van der Waals surface area contributed by atoms with E-state index in [1.807, 2.05) is 36.4 Å². The molecule has 2 aromatic heterocycles. The molecule has 4 aromatic rings. The Morgan fingerprint density at radius 2 is 1.96 bits per heavy atom. The van der Waals surface area contributed by atoms with Gasteiger partial charge >= 0.3 is 0 Å². The van der Waals surface area contributed by atoms with Crippen molar-refractivity contribution in [2.75, 3.05) is 0 Å². The van der Waals surface area contributed by atoms with Crippen LogP contribution in [0.5, 0.6) is 0 Å². The van der Waals surface area contributed by atoms with Crippen LogP contribution in [0, 0.1) is 0 Å². The van der Waals surface area contributed by atoms with E-state index in [-0.39, 0.29) is 11.5 Å². The number of hydrogen-bond donors (Lipinski definition) is 1. The molecule has 0 saturated carbocycles. The van der Waals surface area contributed by atoms with Crippen LogP contribution in [0.25, 0.3) is 21.7 Å². The van der Waals surface area contributed by atoms with Gasteiger partial charge in [0.15, 0.2) is 5.16 Å². The summed E-state index contributed by atoms with van der Waals surface area (Å²) in [5.74, 6) is 0.544. The molecule has 0 spiro atoms. The third-order valence-corrected chi connectivity index (χ3v) is 5.71. The summed E-state index contributed by atoms with van der Waals surface area (Å²) >= 11 is 1.26. The highest BCUT2D eigenvalue weighted by Gasteiger charge is 2.18. The first-order valence-corrected chi connectivity index (χ1v) is 9.77. The Bertz CT molecular complexity index is 1220. The third kappa shape index (κ3) is 3.53. The van der Waals surface area contributed by atoms with E-state index in [1.54, 1.807) is 32.4 Å². The predicted molar refractivity (Wildman–Crippen MR) is 110 cm³/mol. The fraction of sp³-hybridized carbons (Fsp3) is 0.190. The van der Waals surface area contributed by atoms with Gasteiger partial charge in [-0.15, -0.1) is 0 Å². The summed E-state index contributed by atoms with van der Waals surface area (Å²) in [6, 6.07) is 15.2. The Labute approximate surface area is 165 Å². The Hall–Kier alpha value is -3.06. The number of rotatable bonds is 5. The molecule has 2 aromatic carbocycles. The lowest BCUT2D eigenvalue weighted by Gasteiger charge is -2.14. The van der Waals surface area contributed by atoms with E-state index in [9.17, 15) is 9.59 Å². The van der Waals surface area contributed by atoms with Crippen molar-refractivity contribution in [3.05, 3.63) is 70.9 Å². The van der Waals surface area contributed by atoms with E-state index in [1.165, 1.54) is 16.3 Å². The first kappa shape index (κ1) is 18.3. The molecule has 1 N–H and O–H groups in total. The Morgan fingerprint density at radius 3 is 2.68 bits per heavy atom. The molecular formula is C21H19N3O3S. The zero-order chi connectivity index (χ0) is 19.7. The van der Waals surface area contributed by atoms with Crippen molar-refractivity contribution in [3.8, 4) is 0 Å². The molecule has 0 radical (unpaired) electrons. The number of fused-ring (bicyclic) bond motifs is 2. The van der Waals surface area contributed by atoms with E-state index in [0.29, 0.717) is 28.4 Å². The van der Waals surface area contributed by atoms with E-state index >= 15 is 0 Å². The predicted octanol–water partition coefficient (Wildman–Crippen LogP) is 3.48. The average molecular weight is 393 g/mol. The monoisotopic (exact) mass is 393 g/mol. The van der Waals surface area contributed by atoms with Crippen molar-refractivity contribution >= 4 is 39.3 Å². The second-order valence-electron chi connectivity index (χ2n) is 6.53. The molecule has 0 unspecified atom stereocenters. The maximum atomic E-state index is 12.8. The van der Waals surface area contributed by atoms with Gasteiger partial charge < -0.3 is 9.73 Å². The molecule has 28 heavy (non-hydrogen) atoms. The fourth-order valence-corrected chi connectivity index (χ4v) is 3.88. The van der Waals surface area contributed by atoms with Crippen LogP contribution < -0.4 is 10.9 Å². The zero-order valence-corrected chi connectivity index (χ0v) is 16.3. The summed E-state index contributed by atoms with van der Waals surface area (Å²) in [5, 5.41) is 5.52. The highest BCUT2D eigenvalue weighted by molar-refractivity contribution is 8.00. The Morgan fingerprint density at radius 1 is 1.21 bits per heavy atom. The molecule has 0 fully saturated rings. The minimum Gasteiger partial charge on any atom is -0.467 e. The largest absolute Gasteiger partial charge is 0.467 e. The number of nitrogens with zero attached hydrogens (tertiary/aromatic N) is 2. The van der Waals surface area contributed by atoms with Gasteiger partial charge in [0.05, 0.1) is 29.0 Å². The van der Waals surface area contributed by atoms with Crippen LogP contribution in [-0.2, 0) is 18.4 Å². The number of furan rings is 1. The molecule has 0 bridgehead atoms. The van der Waals surface area contributed by atoms with Gasteiger partial charge in [-0.25, -0.2) is 4.98 Å². The van der Waals surface area contributed by atoms with Crippen LogP contribution in [0.4, 0.5) is 0 Å². The van der Waals surface area contributed by atoms with Crippen molar-refractivity contribution in [1.29, 1.82) is 0 Å². The molecule has 4 rings (SSSR count). The maximum absolute atomic E-state index is 12.8. The molecule has 6 nitrogen and oxygen atoms in total. The molecule has 0 aliphatic heterocycles. The fourth-order valence-electron chi connectivity index (χ4n) is 2.99. The van der Waals surface area contributed by atoms with Gasteiger partial charge in [0.2, 0.25) is 5.91 Å². The maximum Gasteiger partial charge on any atom is 0.261 e. The minimum absolute atomic E-state index is 0.124. The molecule has 1 amide bonds. The van der Waals surface area contributed by atoms with Gasteiger partial charge in [-0.1, -0.05) is 36.0 Å². The van der Waals surface area contributed by atoms with E-state index < -0.39 is 5.25 Å². The average Bonchev–Trinajstić information content (AvgIpc) is 3.22. The van der Waals surface area contributed by atoms with Crippen LogP contribution in [0.15, 0.2) is 69.2 Å². The van der Waals surface area contributed by atoms with Gasteiger partial charge in [-0.2, -0.15) is 0 Å². The van der Waals surface area contributed by atoms with Crippen LogP contribution in [0.1, 0.15) is 12.7 Å². The van der Waals surface area contributed by atoms with Crippen LogP contribution in [-0.4, -0.2) is 20.7 Å². The van der Waals surface area contributed by atoms with Gasteiger partial charge in [0.1, 0.15) is 5.76 Å². The zero-order valence-electron chi connectivity index (χ0n) is 15.5. The SMILES string of the molecule is C[C@H](Sc1nc2cc3ccccc3cc2c(=O)n1C)C(=O)NCc1ccco1. The van der Waals surface area contributed by atoms with E-state index in [4.69, 9.17) is 4.42 Å². The number of aromatic nitrogens is 2. The third-order valence-electron chi connectivity index (χ3n) is 4.57. The molecule has 0 saturated heterocycles. The molecular weight excluding hydrogens is 374 g/mol. The van der Waals surface area contributed by atoms with Gasteiger partial charge in [-0.05, 0) is 42.0 Å². The lowest BCUT2D eigenvalue weighted by molar-refractivity contribution is -0.120. The van der Waals surface area contributed by atoms with Crippen molar-refractivity contribution < 1.29 is 9.21 Å². The van der Waals surface area contributed by atoms with E-state index in [2.05, 4.69) is 10.3 Å². The molecule has 0 aliphatic rings. The quantitative estimate of drug-likeness (QED) is 0.319. The summed E-state index contributed by atoms with van der Waals surface area (Å²) in [6.07, 6.45) is 1.57. The van der Waals surface area contributed by atoms with Gasteiger partial charge in [-0.3, -0.25) is 14.2 Å². The number of benzene rings is 2. The second-order valence-corrected chi connectivity index (χ2v) is 7.84. The molecule has 2 heterocycles. The van der Waals surface area contributed by atoms with Crippen molar-refractivity contribution in [1.82, 2.24) is 14.9 Å². The summed E-state index contributed by atoms with van der Waals surface area (Å²) < 4.78 is 6.72. The molecule has 142 valence electrons. The molecule has 0 aliphatic carbocycles. The minimum atomic E-state index is -0.411. The number of amides is 1. The number of thioether (sulfide) groups is 1. The van der Waals surface area contributed by atoms with Crippen molar-refractivity contribution in [2.24, 2.45) is 7.05 Å². The number of carbonyl (C=O) groups excluding carboxylic acids is 1. The summed E-state index contributed by atoms with van der Waals surface area (Å²) in [4.78, 5) is 29.9. The van der Waals surface area contributed by atoms with Crippen LogP contribution in [0.3, 0.4) is 0 Å². The highest BCUT2D eigenvalue weighted by atomic mass is 32.2. The topological polar surface area (TPSA) is 77.1 Å². The molecule has 1 atom stereocenters. The lowest BCUT2D eigenvalue weighted by Crippen LogP contribution is -2.31. The first-order valence-electron chi connectivity index (χ1n) is 8.89. The highest BCUT2D eigenvalue weighted by Crippen LogP contribution is 2.24. The summed E-state index contributed by atoms with van der Waals surface area (Å²) in [6.45, 7) is 2.12. The number of carbonyl (C=O) groups is 1. The summed E-state index contributed by atoms with van der Waals surface area (Å²) in [5.41, 5.74) is 0.508. The standard InChI is InChI=1S/C21H19N3O3S/c1-13(19(25)22-12-16-8-5-9-27-16)28-21-23-18-11-15-7-4-3-6-14(15)10-17(18)20(26)24(21)2/h3-11,13H,12H2,1-2H3,(H,22,25)/t13-/m0/s1. The Balaban J connectivity index is 1.60.